The van der Waals surface area contributed by atoms with E-state index in [1.54, 1.807) is 49.4 Å². The molecule has 26 heavy (non-hydrogen) atoms. The monoisotopic (exact) mass is 403 g/mol. The molecule has 1 saturated heterocycles. The van der Waals surface area contributed by atoms with Crippen molar-refractivity contribution >= 4 is 63.5 Å². The number of nitrogens with zero attached hydrogens (tertiary/aromatic N) is 1. The molecule has 0 radical (unpaired) electrons. The Morgan fingerprint density at radius 3 is 2.65 bits per heavy atom. The molecule has 0 unspecified atom stereocenters. The highest BCUT2D eigenvalue weighted by atomic mass is 35.5. The maximum atomic E-state index is 12.8. The minimum absolute atomic E-state index is 0.205. The largest absolute Gasteiger partial charge is 0.462 e. The number of hydrogen-bond donors (Lipinski definition) is 0. The third-order valence-electron chi connectivity index (χ3n) is 3.58. The molecule has 2 aromatic rings. The van der Waals surface area contributed by atoms with Gasteiger partial charge < -0.3 is 4.74 Å². The van der Waals surface area contributed by atoms with E-state index in [0.29, 0.717) is 32.1 Å². The van der Waals surface area contributed by atoms with Crippen molar-refractivity contribution in [3.63, 3.8) is 0 Å². The predicted octanol–water partition coefficient (Wildman–Crippen LogP) is 4.92. The standard InChI is InChI=1S/C19H14ClNO3S2/c1-2-24-18(23)13-6-8-15(9-7-13)21-17(22)16(26-19(21)25)11-12-4-3-5-14(20)10-12/h3-11H,2H2,1H3/b16-11-. The fourth-order valence-corrected chi connectivity index (χ4v) is 3.90. The molecule has 1 amide bonds. The van der Waals surface area contributed by atoms with Gasteiger partial charge in [0, 0.05) is 5.02 Å². The van der Waals surface area contributed by atoms with Crippen LogP contribution in [0.4, 0.5) is 5.69 Å². The molecule has 0 spiro atoms. The number of thiocarbonyl (C=S) groups is 1. The number of amides is 1. The van der Waals surface area contributed by atoms with Crippen molar-refractivity contribution in [2.45, 2.75) is 6.92 Å². The number of carbonyl (C=O) groups is 2. The van der Waals surface area contributed by atoms with Crippen LogP contribution < -0.4 is 4.90 Å². The first-order valence-corrected chi connectivity index (χ1v) is 9.40. The second-order valence-electron chi connectivity index (χ2n) is 5.34. The Morgan fingerprint density at radius 2 is 2.00 bits per heavy atom. The van der Waals surface area contributed by atoms with Crippen LogP contribution in [-0.2, 0) is 9.53 Å². The predicted molar refractivity (Wildman–Crippen MR) is 110 cm³/mol. The first kappa shape index (κ1) is 18.6. The van der Waals surface area contributed by atoms with Crippen LogP contribution in [0.2, 0.25) is 5.02 Å². The van der Waals surface area contributed by atoms with Gasteiger partial charge in [-0.05, 0) is 55.0 Å². The molecule has 7 heteroatoms. The number of carbonyl (C=O) groups excluding carboxylic acids is 2. The van der Waals surface area contributed by atoms with Gasteiger partial charge in [0.25, 0.3) is 5.91 Å². The molecule has 0 N–H and O–H groups in total. The molecule has 1 fully saturated rings. The van der Waals surface area contributed by atoms with E-state index in [9.17, 15) is 9.59 Å². The van der Waals surface area contributed by atoms with Crippen molar-refractivity contribution in [3.8, 4) is 0 Å². The normalized spacial score (nSPS) is 15.6. The smallest absolute Gasteiger partial charge is 0.338 e. The Balaban J connectivity index is 1.84. The number of benzene rings is 2. The van der Waals surface area contributed by atoms with Gasteiger partial charge >= 0.3 is 5.97 Å². The summed E-state index contributed by atoms with van der Waals surface area (Å²) in [6.07, 6.45) is 1.76. The summed E-state index contributed by atoms with van der Waals surface area (Å²) >= 11 is 12.6. The van der Waals surface area contributed by atoms with E-state index in [0.717, 1.165) is 5.56 Å². The molecule has 1 heterocycles. The summed E-state index contributed by atoms with van der Waals surface area (Å²) in [5.41, 5.74) is 1.86. The number of halogens is 1. The molecule has 3 rings (SSSR count). The number of rotatable bonds is 4. The average molecular weight is 404 g/mol. The Bertz CT molecular complexity index is 909. The number of hydrogen-bond acceptors (Lipinski definition) is 5. The van der Waals surface area contributed by atoms with E-state index < -0.39 is 5.97 Å². The molecule has 0 saturated carbocycles. The zero-order valence-corrected chi connectivity index (χ0v) is 16.2. The number of anilines is 1. The number of esters is 1. The molecule has 0 aromatic heterocycles. The fourth-order valence-electron chi connectivity index (χ4n) is 2.40. The van der Waals surface area contributed by atoms with Crippen LogP contribution in [0.3, 0.4) is 0 Å². The lowest BCUT2D eigenvalue weighted by Gasteiger charge is -2.14. The third kappa shape index (κ3) is 3.98. The van der Waals surface area contributed by atoms with Gasteiger partial charge in [-0.3, -0.25) is 9.69 Å². The van der Waals surface area contributed by atoms with Crippen molar-refractivity contribution in [2.75, 3.05) is 11.5 Å². The molecule has 1 aliphatic heterocycles. The van der Waals surface area contributed by atoms with Crippen LogP contribution in [0.15, 0.2) is 53.4 Å². The van der Waals surface area contributed by atoms with E-state index in [1.165, 1.54) is 16.7 Å². The van der Waals surface area contributed by atoms with E-state index in [4.69, 9.17) is 28.6 Å². The van der Waals surface area contributed by atoms with Gasteiger partial charge in [-0.25, -0.2) is 4.79 Å². The molecule has 2 aromatic carbocycles. The highest BCUT2D eigenvalue weighted by Gasteiger charge is 2.33. The molecule has 0 aliphatic carbocycles. The summed E-state index contributed by atoms with van der Waals surface area (Å²) in [5, 5.41) is 0.601. The summed E-state index contributed by atoms with van der Waals surface area (Å²) < 4.78 is 5.40. The second kappa shape index (κ2) is 8.03. The Hall–Kier alpha value is -2.15. The van der Waals surface area contributed by atoms with E-state index in [-0.39, 0.29) is 5.91 Å². The van der Waals surface area contributed by atoms with Gasteiger partial charge in [-0.15, -0.1) is 0 Å². The van der Waals surface area contributed by atoms with Gasteiger partial charge in [0.05, 0.1) is 22.8 Å². The maximum Gasteiger partial charge on any atom is 0.338 e. The van der Waals surface area contributed by atoms with Crippen LogP contribution in [0.25, 0.3) is 6.08 Å². The molecular formula is C19H14ClNO3S2. The van der Waals surface area contributed by atoms with Crippen molar-refractivity contribution in [1.29, 1.82) is 0 Å². The molecular weight excluding hydrogens is 390 g/mol. The van der Waals surface area contributed by atoms with Crippen LogP contribution in [-0.4, -0.2) is 22.8 Å². The van der Waals surface area contributed by atoms with E-state index in [2.05, 4.69) is 0 Å². The highest BCUT2D eigenvalue weighted by Crippen LogP contribution is 2.36. The first-order valence-electron chi connectivity index (χ1n) is 7.80. The van der Waals surface area contributed by atoms with Gasteiger partial charge in [0.15, 0.2) is 4.32 Å². The maximum absolute atomic E-state index is 12.8. The van der Waals surface area contributed by atoms with Gasteiger partial charge in [-0.2, -0.15) is 0 Å². The SMILES string of the molecule is CCOC(=O)c1ccc(N2C(=O)/C(=C/c3cccc(Cl)c3)SC2=S)cc1. The van der Waals surface area contributed by atoms with Crippen molar-refractivity contribution < 1.29 is 14.3 Å². The molecule has 1 aliphatic rings. The quantitative estimate of drug-likeness (QED) is 0.412. The minimum Gasteiger partial charge on any atom is -0.462 e. The highest BCUT2D eigenvalue weighted by molar-refractivity contribution is 8.27. The number of ether oxygens (including phenoxy) is 1. The number of thioether (sulfide) groups is 1. The first-order chi connectivity index (χ1) is 12.5. The fraction of sp³-hybridized carbons (Fsp3) is 0.105. The van der Waals surface area contributed by atoms with Crippen LogP contribution >= 0.6 is 35.6 Å². The zero-order valence-electron chi connectivity index (χ0n) is 13.8. The molecule has 0 bridgehead atoms. The van der Waals surface area contributed by atoms with Gasteiger partial charge in [0.1, 0.15) is 0 Å². The molecule has 4 nitrogen and oxygen atoms in total. The summed E-state index contributed by atoms with van der Waals surface area (Å²) in [6.45, 7) is 2.06. The van der Waals surface area contributed by atoms with Gasteiger partial charge in [0.2, 0.25) is 0 Å². The lowest BCUT2D eigenvalue weighted by atomic mass is 10.2. The summed E-state index contributed by atoms with van der Waals surface area (Å²) in [7, 11) is 0. The lowest BCUT2D eigenvalue weighted by Crippen LogP contribution is -2.27. The average Bonchev–Trinajstić information content (AvgIpc) is 2.89. The van der Waals surface area contributed by atoms with Crippen LogP contribution in [0, 0.1) is 0 Å². The van der Waals surface area contributed by atoms with E-state index >= 15 is 0 Å². The Kier molecular flexibility index (Phi) is 5.76. The summed E-state index contributed by atoms with van der Waals surface area (Å²) in [6, 6.07) is 13.8. The third-order valence-corrected chi connectivity index (χ3v) is 5.11. The van der Waals surface area contributed by atoms with E-state index in [1.807, 2.05) is 12.1 Å². The Morgan fingerprint density at radius 1 is 1.27 bits per heavy atom. The molecule has 0 atom stereocenters. The summed E-state index contributed by atoms with van der Waals surface area (Å²) in [4.78, 5) is 26.5. The van der Waals surface area contributed by atoms with Crippen molar-refractivity contribution in [1.82, 2.24) is 0 Å². The van der Waals surface area contributed by atoms with Crippen LogP contribution in [0.5, 0.6) is 0 Å². The van der Waals surface area contributed by atoms with Crippen molar-refractivity contribution in [2.24, 2.45) is 0 Å². The zero-order chi connectivity index (χ0) is 18.7. The van der Waals surface area contributed by atoms with Gasteiger partial charge in [-0.1, -0.05) is 47.7 Å². The lowest BCUT2D eigenvalue weighted by molar-refractivity contribution is -0.113. The topological polar surface area (TPSA) is 46.6 Å². The van der Waals surface area contributed by atoms with Crippen molar-refractivity contribution in [3.05, 3.63) is 69.6 Å². The minimum atomic E-state index is -0.398. The Labute approximate surface area is 165 Å². The molecule has 132 valence electrons. The second-order valence-corrected chi connectivity index (χ2v) is 7.45. The summed E-state index contributed by atoms with van der Waals surface area (Å²) in [5.74, 6) is -0.603. The van der Waals surface area contributed by atoms with Crippen LogP contribution in [0.1, 0.15) is 22.8 Å².